The standard InChI is InChI=1S/C13H28N2O2/c1-12(11-16-3)15(2)9-4-10-17-13-5-7-14-8-6-13/h12-14H,4-11H2,1-3H3. The van der Waals surface area contributed by atoms with Crippen LogP contribution in [0.2, 0.25) is 0 Å². The van der Waals surface area contributed by atoms with E-state index in [1.807, 2.05) is 0 Å². The molecule has 0 aromatic carbocycles. The van der Waals surface area contributed by atoms with Gasteiger partial charge in [0, 0.05) is 26.3 Å². The van der Waals surface area contributed by atoms with E-state index >= 15 is 0 Å². The fourth-order valence-electron chi connectivity index (χ4n) is 2.11. The topological polar surface area (TPSA) is 33.7 Å². The molecule has 1 saturated heterocycles. The summed E-state index contributed by atoms with van der Waals surface area (Å²) in [6.07, 6.45) is 3.92. The molecule has 1 aliphatic heterocycles. The maximum absolute atomic E-state index is 5.88. The lowest BCUT2D eigenvalue weighted by Gasteiger charge is -2.25. The Kier molecular flexibility index (Phi) is 7.77. The maximum Gasteiger partial charge on any atom is 0.0615 e. The molecule has 0 aromatic heterocycles. The van der Waals surface area contributed by atoms with Crippen LogP contribution in [0.15, 0.2) is 0 Å². The summed E-state index contributed by atoms with van der Waals surface area (Å²) in [4.78, 5) is 2.33. The summed E-state index contributed by atoms with van der Waals surface area (Å²) >= 11 is 0. The summed E-state index contributed by atoms with van der Waals surface area (Å²) < 4.78 is 11.0. The van der Waals surface area contributed by atoms with E-state index in [-0.39, 0.29) is 0 Å². The molecule has 1 heterocycles. The van der Waals surface area contributed by atoms with Crippen molar-refractivity contribution in [2.75, 3.05) is 47.0 Å². The van der Waals surface area contributed by atoms with Crippen molar-refractivity contribution in [3.05, 3.63) is 0 Å². The number of methoxy groups -OCH3 is 1. The van der Waals surface area contributed by atoms with Gasteiger partial charge >= 0.3 is 0 Å². The maximum atomic E-state index is 5.88. The van der Waals surface area contributed by atoms with E-state index in [1.165, 1.54) is 0 Å². The molecule has 4 nitrogen and oxygen atoms in total. The van der Waals surface area contributed by atoms with Gasteiger partial charge < -0.3 is 19.7 Å². The van der Waals surface area contributed by atoms with Gasteiger partial charge in [-0.15, -0.1) is 0 Å². The van der Waals surface area contributed by atoms with Crippen LogP contribution >= 0.6 is 0 Å². The highest BCUT2D eigenvalue weighted by atomic mass is 16.5. The number of piperidine rings is 1. The summed E-state index contributed by atoms with van der Waals surface area (Å²) in [5.41, 5.74) is 0. The van der Waals surface area contributed by atoms with Crippen molar-refractivity contribution in [2.24, 2.45) is 0 Å². The molecule has 0 aromatic rings. The Morgan fingerprint density at radius 2 is 2.06 bits per heavy atom. The third-order valence-corrected chi connectivity index (χ3v) is 3.46. The lowest BCUT2D eigenvalue weighted by molar-refractivity contribution is 0.0254. The Morgan fingerprint density at radius 1 is 1.35 bits per heavy atom. The Balaban J connectivity index is 1.99. The SMILES string of the molecule is COCC(C)N(C)CCCOC1CCNCC1. The molecule has 4 heteroatoms. The second-order valence-corrected chi connectivity index (χ2v) is 4.96. The zero-order valence-electron chi connectivity index (χ0n) is 11.6. The molecule has 0 radical (unpaired) electrons. The van der Waals surface area contributed by atoms with Gasteiger partial charge in [0.25, 0.3) is 0 Å². The molecule has 1 N–H and O–H groups in total. The molecule has 0 saturated carbocycles. The number of nitrogens with one attached hydrogen (secondary N) is 1. The van der Waals surface area contributed by atoms with Crippen molar-refractivity contribution < 1.29 is 9.47 Å². The highest BCUT2D eigenvalue weighted by Crippen LogP contribution is 2.07. The second-order valence-electron chi connectivity index (χ2n) is 4.96. The van der Waals surface area contributed by atoms with Crippen LogP contribution in [0.4, 0.5) is 0 Å². The number of rotatable bonds is 8. The average Bonchev–Trinajstić information content (AvgIpc) is 2.36. The molecule has 1 aliphatic rings. The molecular formula is C13H28N2O2. The highest BCUT2D eigenvalue weighted by Gasteiger charge is 2.13. The summed E-state index contributed by atoms with van der Waals surface area (Å²) in [6, 6.07) is 0.485. The van der Waals surface area contributed by atoms with Gasteiger partial charge in [-0.1, -0.05) is 0 Å². The molecule has 1 rings (SSSR count). The smallest absolute Gasteiger partial charge is 0.0615 e. The number of likely N-dealkylation sites (N-methyl/N-ethyl adjacent to an activating group) is 1. The van der Waals surface area contributed by atoms with Gasteiger partial charge in [0.15, 0.2) is 0 Å². The molecule has 1 fully saturated rings. The average molecular weight is 244 g/mol. The van der Waals surface area contributed by atoms with Crippen LogP contribution in [0.3, 0.4) is 0 Å². The molecule has 17 heavy (non-hydrogen) atoms. The lowest BCUT2D eigenvalue weighted by Crippen LogP contribution is -2.35. The first-order chi connectivity index (χ1) is 8.24. The van der Waals surface area contributed by atoms with Gasteiger partial charge in [0.2, 0.25) is 0 Å². The summed E-state index contributed by atoms with van der Waals surface area (Å²) in [7, 11) is 3.90. The van der Waals surface area contributed by atoms with Crippen molar-refractivity contribution in [1.82, 2.24) is 10.2 Å². The first kappa shape index (κ1) is 14.9. The van der Waals surface area contributed by atoms with Crippen LogP contribution in [0.25, 0.3) is 0 Å². The number of hydrogen-bond acceptors (Lipinski definition) is 4. The highest BCUT2D eigenvalue weighted by molar-refractivity contribution is 4.68. The van der Waals surface area contributed by atoms with Crippen LogP contribution in [-0.4, -0.2) is 64.1 Å². The molecular weight excluding hydrogens is 216 g/mol. The van der Waals surface area contributed by atoms with E-state index in [9.17, 15) is 0 Å². The molecule has 0 amide bonds. The van der Waals surface area contributed by atoms with Crippen LogP contribution in [0.1, 0.15) is 26.2 Å². The number of ether oxygens (including phenoxy) is 2. The fourth-order valence-corrected chi connectivity index (χ4v) is 2.11. The largest absolute Gasteiger partial charge is 0.383 e. The van der Waals surface area contributed by atoms with Gasteiger partial charge in [0.05, 0.1) is 12.7 Å². The van der Waals surface area contributed by atoms with Gasteiger partial charge in [-0.3, -0.25) is 0 Å². The monoisotopic (exact) mass is 244 g/mol. The van der Waals surface area contributed by atoms with Crippen LogP contribution < -0.4 is 5.32 Å². The summed E-state index contributed by atoms with van der Waals surface area (Å²) in [5.74, 6) is 0. The van der Waals surface area contributed by atoms with Gasteiger partial charge in [-0.05, 0) is 46.3 Å². The van der Waals surface area contributed by atoms with Gasteiger partial charge in [-0.2, -0.15) is 0 Å². The summed E-state index contributed by atoms with van der Waals surface area (Å²) in [6.45, 7) is 7.16. The van der Waals surface area contributed by atoms with Crippen LogP contribution in [0, 0.1) is 0 Å². The van der Waals surface area contributed by atoms with Crippen molar-refractivity contribution in [2.45, 2.75) is 38.3 Å². The predicted molar refractivity (Wildman–Crippen MR) is 70.4 cm³/mol. The van der Waals surface area contributed by atoms with E-state index in [0.717, 1.165) is 52.1 Å². The molecule has 1 atom stereocenters. The van der Waals surface area contributed by atoms with E-state index in [0.29, 0.717) is 12.1 Å². The summed E-state index contributed by atoms with van der Waals surface area (Å²) in [5, 5.41) is 3.35. The fraction of sp³-hybridized carbons (Fsp3) is 1.00. The molecule has 0 spiro atoms. The zero-order chi connectivity index (χ0) is 12.5. The number of nitrogens with zero attached hydrogens (tertiary/aromatic N) is 1. The molecule has 102 valence electrons. The first-order valence-electron chi connectivity index (χ1n) is 6.75. The van der Waals surface area contributed by atoms with E-state index in [2.05, 4.69) is 24.2 Å². The quantitative estimate of drug-likeness (QED) is 0.649. The normalized spacial score (nSPS) is 19.8. The third kappa shape index (κ3) is 6.36. The first-order valence-corrected chi connectivity index (χ1v) is 6.75. The molecule has 1 unspecified atom stereocenters. The predicted octanol–water partition coefficient (Wildman–Crippen LogP) is 1.11. The van der Waals surface area contributed by atoms with E-state index in [4.69, 9.17) is 9.47 Å². The lowest BCUT2D eigenvalue weighted by atomic mass is 10.1. The Morgan fingerprint density at radius 3 is 2.71 bits per heavy atom. The van der Waals surface area contributed by atoms with E-state index in [1.54, 1.807) is 7.11 Å². The molecule has 0 bridgehead atoms. The van der Waals surface area contributed by atoms with Crippen LogP contribution in [-0.2, 0) is 9.47 Å². The minimum absolute atomic E-state index is 0.484. The number of hydrogen-bond donors (Lipinski definition) is 1. The van der Waals surface area contributed by atoms with Crippen molar-refractivity contribution >= 4 is 0 Å². The zero-order valence-corrected chi connectivity index (χ0v) is 11.6. The minimum atomic E-state index is 0.484. The van der Waals surface area contributed by atoms with Crippen molar-refractivity contribution in [3.63, 3.8) is 0 Å². The van der Waals surface area contributed by atoms with Crippen molar-refractivity contribution in [3.8, 4) is 0 Å². The molecule has 0 aliphatic carbocycles. The van der Waals surface area contributed by atoms with Gasteiger partial charge in [-0.25, -0.2) is 0 Å². The Bertz CT molecular complexity index is 184. The van der Waals surface area contributed by atoms with Crippen LogP contribution in [0.5, 0.6) is 0 Å². The third-order valence-electron chi connectivity index (χ3n) is 3.46. The Hall–Kier alpha value is -0.160. The second kappa shape index (κ2) is 8.86. The van der Waals surface area contributed by atoms with Crippen molar-refractivity contribution in [1.29, 1.82) is 0 Å². The minimum Gasteiger partial charge on any atom is -0.383 e. The van der Waals surface area contributed by atoms with Gasteiger partial charge in [0.1, 0.15) is 0 Å². The Labute approximate surface area is 106 Å². The van der Waals surface area contributed by atoms with E-state index < -0.39 is 0 Å².